The summed E-state index contributed by atoms with van der Waals surface area (Å²) in [6, 6.07) is 3.64. The van der Waals surface area contributed by atoms with Gasteiger partial charge < -0.3 is 19.5 Å². The smallest absolute Gasteiger partial charge is 0.360 e. The van der Waals surface area contributed by atoms with Crippen molar-refractivity contribution in [3.05, 3.63) is 35.7 Å². The average molecular weight is 249 g/mol. The van der Waals surface area contributed by atoms with E-state index in [1.54, 1.807) is 16.9 Å². The summed E-state index contributed by atoms with van der Waals surface area (Å²) in [7, 11) is 1.30. The molecule has 0 saturated carbocycles. The number of nitrogen functional groups attached to an aromatic ring is 1. The third-order valence-corrected chi connectivity index (χ3v) is 2.67. The number of hydrogen-bond donors (Lipinski definition) is 1. The molecule has 0 bridgehead atoms. The maximum atomic E-state index is 11.5. The number of nitrogens with two attached hydrogens (primary N) is 1. The number of aromatic nitrogens is 2. The van der Waals surface area contributed by atoms with E-state index in [0.717, 1.165) is 11.6 Å². The number of carbonyl (C=O) groups excluding carboxylic acids is 1. The molecular formula is C12H15N3O3. The second-order valence-corrected chi connectivity index (χ2v) is 3.77. The molecule has 96 valence electrons. The van der Waals surface area contributed by atoms with E-state index in [1.165, 1.54) is 7.11 Å². The van der Waals surface area contributed by atoms with E-state index in [-0.39, 0.29) is 5.69 Å². The van der Waals surface area contributed by atoms with Crippen molar-refractivity contribution in [2.75, 3.05) is 12.8 Å². The number of nitrogens with zero attached hydrogens (tertiary/aromatic N) is 2. The van der Waals surface area contributed by atoms with Gasteiger partial charge in [-0.2, -0.15) is 0 Å². The van der Waals surface area contributed by atoms with Gasteiger partial charge in [0.05, 0.1) is 19.9 Å². The molecule has 0 aliphatic rings. The quantitative estimate of drug-likeness (QED) is 0.829. The minimum atomic E-state index is -0.527. The van der Waals surface area contributed by atoms with Crippen LogP contribution in [0.3, 0.4) is 0 Å². The Morgan fingerprint density at radius 3 is 2.94 bits per heavy atom. The van der Waals surface area contributed by atoms with Crippen molar-refractivity contribution in [2.45, 2.75) is 19.9 Å². The summed E-state index contributed by atoms with van der Waals surface area (Å²) < 4.78 is 11.7. The molecule has 0 radical (unpaired) electrons. The number of rotatable bonds is 4. The molecule has 2 N–H and O–H groups in total. The first-order valence-corrected chi connectivity index (χ1v) is 5.63. The number of hydrogen-bond acceptors (Lipinski definition) is 5. The molecule has 0 fully saturated rings. The van der Waals surface area contributed by atoms with Gasteiger partial charge in [-0.1, -0.05) is 6.92 Å². The van der Waals surface area contributed by atoms with Crippen molar-refractivity contribution in [1.29, 1.82) is 0 Å². The first-order valence-electron chi connectivity index (χ1n) is 5.63. The molecule has 0 amide bonds. The molecular weight excluding hydrogens is 234 g/mol. The topological polar surface area (TPSA) is 83.3 Å². The highest BCUT2D eigenvalue weighted by molar-refractivity contribution is 5.92. The van der Waals surface area contributed by atoms with Crippen molar-refractivity contribution < 1.29 is 13.9 Å². The zero-order chi connectivity index (χ0) is 13.1. The number of ether oxygens (including phenoxy) is 1. The van der Waals surface area contributed by atoms with Crippen molar-refractivity contribution in [2.24, 2.45) is 0 Å². The summed E-state index contributed by atoms with van der Waals surface area (Å²) in [5.74, 6) is 1.25. The van der Waals surface area contributed by atoms with E-state index < -0.39 is 5.97 Å². The molecule has 0 aliphatic carbocycles. The Labute approximate surface area is 104 Å². The molecule has 0 unspecified atom stereocenters. The SMILES string of the molecule is CCc1nc(C(=O)OC)c(N)n1Cc1ccco1. The Hall–Kier alpha value is -2.24. The predicted octanol–water partition coefficient (Wildman–Crippen LogP) is 1.46. The zero-order valence-electron chi connectivity index (χ0n) is 10.3. The normalized spacial score (nSPS) is 10.6. The summed E-state index contributed by atoms with van der Waals surface area (Å²) in [6.07, 6.45) is 2.26. The average Bonchev–Trinajstić information content (AvgIpc) is 2.99. The maximum absolute atomic E-state index is 11.5. The fourth-order valence-corrected chi connectivity index (χ4v) is 1.77. The Bertz CT molecular complexity index is 543. The molecule has 0 aliphatic heterocycles. The lowest BCUT2D eigenvalue weighted by molar-refractivity contribution is 0.0595. The van der Waals surface area contributed by atoms with Crippen LogP contribution in [0.4, 0.5) is 5.82 Å². The van der Waals surface area contributed by atoms with Gasteiger partial charge in [-0.15, -0.1) is 0 Å². The zero-order valence-corrected chi connectivity index (χ0v) is 10.3. The molecule has 18 heavy (non-hydrogen) atoms. The van der Waals surface area contributed by atoms with Crippen molar-refractivity contribution in [1.82, 2.24) is 9.55 Å². The van der Waals surface area contributed by atoms with Crippen LogP contribution >= 0.6 is 0 Å². The lowest BCUT2D eigenvalue weighted by Gasteiger charge is -2.06. The van der Waals surface area contributed by atoms with E-state index >= 15 is 0 Å². The second-order valence-electron chi connectivity index (χ2n) is 3.77. The molecule has 6 heteroatoms. The van der Waals surface area contributed by atoms with Crippen LogP contribution in [-0.2, 0) is 17.7 Å². The Morgan fingerprint density at radius 2 is 2.39 bits per heavy atom. The van der Waals surface area contributed by atoms with Gasteiger partial charge in [0.15, 0.2) is 5.69 Å². The highest BCUT2D eigenvalue weighted by atomic mass is 16.5. The van der Waals surface area contributed by atoms with Crippen LogP contribution in [0.5, 0.6) is 0 Å². The molecule has 0 atom stereocenters. The minimum Gasteiger partial charge on any atom is -0.467 e. The molecule has 6 nitrogen and oxygen atoms in total. The first kappa shape index (κ1) is 12.2. The molecule has 2 rings (SSSR count). The Morgan fingerprint density at radius 1 is 1.61 bits per heavy atom. The van der Waals surface area contributed by atoms with Gasteiger partial charge in [0.1, 0.15) is 17.4 Å². The van der Waals surface area contributed by atoms with Gasteiger partial charge >= 0.3 is 5.97 Å². The fourth-order valence-electron chi connectivity index (χ4n) is 1.77. The van der Waals surface area contributed by atoms with Crippen LogP contribution in [0.15, 0.2) is 22.8 Å². The molecule has 2 aromatic heterocycles. The summed E-state index contributed by atoms with van der Waals surface area (Å²) in [5.41, 5.74) is 6.08. The number of anilines is 1. The minimum absolute atomic E-state index is 0.154. The highest BCUT2D eigenvalue weighted by Crippen LogP contribution is 2.18. The van der Waals surface area contributed by atoms with Gasteiger partial charge in [-0.05, 0) is 12.1 Å². The molecule has 2 heterocycles. The number of esters is 1. The fraction of sp³-hybridized carbons (Fsp3) is 0.333. The number of aryl methyl sites for hydroxylation is 1. The Kier molecular flexibility index (Phi) is 3.36. The molecule has 0 aromatic carbocycles. The lowest BCUT2D eigenvalue weighted by atomic mass is 10.4. The molecule has 0 saturated heterocycles. The number of furan rings is 1. The lowest BCUT2D eigenvalue weighted by Crippen LogP contribution is -2.09. The summed E-state index contributed by atoms with van der Waals surface area (Å²) >= 11 is 0. The first-order chi connectivity index (χ1) is 8.67. The van der Waals surface area contributed by atoms with Gasteiger partial charge in [0.25, 0.3) is 0 Å². The molecule has 2 aromatic rings. The van der Waals surface area contributed by atoms with Crippen LogP contribution < -0.4 is 5.73 Å². The Balaban J connectivity index is 2.39. The van der Waals surface area contributed by atoms with E-state index in [2.05, 4.69) is 9.72 Å². The number of methoxy groups -OCH3 is 1. The van der Waals surface area contributed by atoms with Crippen LogP contribution in [0, 0.1) is 0 Å². The number of imidazole rings is 1. The maximum Gasteiger partial charge on any atom is 0.360 e. The predicted molar refractivity (Wildman–Crippen MR) is 65.2 cm³/mol. The van der Waals surface area contributed by atoms with E-state index in [9.17, 15) is 4.79 Å². The van der Waals surface area contributed by atoms with Crippen LogP contribution in [0.1, 0.15) is 29.0 Å². The van der Waals surface area contributed by atoms with Crippen molar-refractivity contribution in [3.63, 3.8) is 0 Å². The monoisotopic (exact) mass is 249 g/mol. The second kappa shape index (κ2) is 4.95. The van der Waals surface area contributed by atoms with E-state index in [4.69, 9.17) is 10.2 Å². The summed E-state index contributed by atoms with van der Waals surface area (Å²) in [4.78, 5) is 15.7. The standard InChI is InChI=1S/C12H15N3O3/c1-3-9-14-10(12(16)17-2)11(13)15(9)7-8-5-4-6-18-8/h4-6H,3,7,13H2,1-2H3. The van der Waals surface area contributed by atoms with Crippen LogP contribution in [-0.4, -0.2) is 22.6 Å². The van der Waals surface area contributed by atoms with E-state index in [0.29, 0.717) is 18.8 Å². The van der Waals surface area contributed by atoms with Gasteiger partial charge in [-0.25, -0.2) is 9.78 Å². The van der Waals surface area contributed by atoms with E-state index in [1.807, 2.05) is 13.0 Å². The van der Waals surface area contributed by atoms with Crippen LogP contribution in [0.2, 0.25) is 0 Å². The molecule has 0 spiro atoms. The van der Waals surface area contributed by atoms with Gasteiger partial charge in [0.2, 0.25) is 0 Å². The highest BCUT2D eigenvalue weighted by Gasteiger charge is 2.20. The third-order valence-electron chi connectivity index (χ3n) is 2.67. The summed E-state index contributed by atoms with van der Waals surface area (Å²) in [6.45, 7) is 2.40. The largest absolute Gasteiger partial charge is 0.467 e. The van der Waals surface area contributed by atoms with Gasteiger partial charge in [-0.3, -0.25) is 0 Å². The van der Waals surface area contributed by atoms with Gasteiger partial charge in [0, 0.05) is 6.42 Å². The third kappa shape index (κ3) is 2.09. The van der Waals surface area contributed by atoms with Crippen molar-refractivity contribution >= 4 is 11.8 Å². The van der Waals surface area contributed by atoms with Crippen LogP contribution in [0.25, 0.3) is 0 Å². The number of carbonyl (C=O) groups is 1. The summed E-state index contributed by atoms with van der Waals surface area (Å²) in [5, 5.41) is 0. The van der Waals surface area contributed by atoms with Crippen molar-refractivity contribution in [3.8, 4) is 0 Å².